The Bertz CT molecular complexity index is 611. The van der Waals surface area contributed by atoms with Crippen LogP contribution < -0.4 is 11.1 Å². The predicted molar refractivity (Wildman–Crippen MR) is 75.0 cm³/mol. The minimum absolute atomic E-state index is 0.319. The topological polar surface area (TPSA) is 63.8 Å². The highest BCUT2D eigenvalue weighted by Crippen LogP contribution is 2.24. The van der Waals surface area contributed by atoms with Gasteiger partial charge in [-0.15, -0.1) is 0 Å². The maximum atomic E-state index is 13.7. The molecule has 0 fully saturated rings. The zero-order chi connectivity index (χ0) is 14.0. The van der Waals surface area contributed by atoms with Crippen LogP contribution in [-0.4, -0.2) is 9.97 Å². The number of hydrogen-bond donors (Lipinski definition) is 2. The smallest absolute Gasteiger partial charge is 0.146 e. The van der Waals surface area contributed by atoms with Gasteiger partial charge < -0.3 is 11.1 Å². The number of nitrogen functional groups attached to an aromatic ring is 1. The quantitative estimate of drug-likeness (QED) is 0.890. The minimum atomic E-state index is -0.319. The van der Waals surface area contributed by atoms with Gasteiger partial charge >= 0.3 is 0 Å². The van der Waals surface area contributed by atoms with Gasteiger partial charge in [0.05, 0.1) is 5.69 Å². The van der Waals surface area contributed by atoms with E-state index in [1.807, 2.05) is 20.8 Å². The predicted octanol–water partition coefficient (Wildman–Crippen LogP) is 3.12. The molecule has 3 N–H and O–H groups in total. The Morgan fingerprint density at radius 2 is 2.00 bits per heavy atom. The summed E-state index contributed by atoms with van der Waals surface area (Å²) in [6.45, 7) is 5.66. The van der Waals surface area contributed by atoms with Crippen LogP contribution in [0.4, 0.5) is 21.7 Å². The van der Waals surface area contributed by atoms with Gasteiger partial charge in [-0.25, -0.2) is 14.4 Å². The second kappa shape index (κ2) is 5.22. The Kier molecular flexibility index (Phi) is 3.64. The van der Waals surface area contributed by atoms with Gasteiger partial charge in [0.2, 0.25) is 0 Å². The first-order valence-corrected chi connectivity index (χ1v) is 6.17. The van der Waals surface area contributed by atoms with Crippen molar-refractivity contribution in [1.82, 2.24) is 9.97 Å². The van der Waals surface area contributed by atoms with Gasteiger partial charge in [0.15, 0.2) is 0 Å². The highest BCUT2D eigenvalue weighted by atomic mass is 19.1. The lowest BCUT2D eigenvalue weighted by Gasteiger charge is -2.12. The number of nitrogens with two attached hydrogens (primary N) is 1. The van der Waals surface area contributed by atoms with Crippen molar-refractivity contribution in [1.29, 1.82) is 0 Å². The molecule has 1 heterocycles. The van der Waals surface area contributed by atoms with E-state index in [4.69, 9.17) is 5.73 Å². The van der Waals surface area contributed by atoms with E-state index in [-0.39, 0.29) is 5.82 Å². The van der Waals surface area contributed by atoms with Crippen LogP contribution in [0.25, 0.3) is 0 Å². The lowest BCUT2D eigenvalue weighted by atomic mass is 10.2. The van der Waals surface area contributed by atoms with E-state index < -0.39 is 0 Å². The summed E-state index contributed by atoms with van der Waals surface area (Å²) in [5.74, 6) is 1.29. The second-order valence-corrected chi connectivity index (χ2v) is 4.46. The Hall–Kier alpha value is -2.17. The molecule has 0 radical (unpaired) electrons. The lowest BCUT2D eigenvalue weighted by molar-refractivity contribution is 0.631. The van der Waals surface area contributed by atoms with E-state index in [0.717, 1.165) is 11.1 Å². The van der Waals surface area contributed by atoms with Crippen LogP contribution in [0.3, 0.4) is 0 Å². The molecule has 0 saturated carbocycles. The van der Waals surface area contributed by atoms with Gasteiger partial charge in [-0.05, 0) is 31.5 Å². The lowest BCUT2D eigenvalue weighted by Crippen LogP contribution is -2.07. The number of benzene rings is 1. The number of nitrogens with one attached hydrogen (secondary N) is 1. The molecule has 0 aliphatic rings. The highest BCUT2D eigenvalue weighted by molar-refractivity contribution is 5.64. The molecule has 4 nitrogen and oxygen atoms in total. The molecular weight excluding hydrogens is 243 g/mol. The van der Waals surface area contributed by atoms with Gasteiger partial charge in [-0.3, -0.25) is 0 Å². The third-order valence-electron chi connectivity index (χ3n) is 2.92. The van der Waals surface area contributed by atoms with Crippen molar-refractivity contribution in [2.45, 2.75) is 27.2 Å². The average Bonchev–Trinajstić information content (AvgIpc) is 2.38. The first-order chi connectivity index (χ1) is 9.01. The van der Waals surface area contributed by atoms with Gasteiger partial charge in [0.25, 0.3) is 0 Å². The molecule has 0 aliphatic carbocycles. The van der Waals surface area contributed by atoms with Gasteiger partial charge in [-0.1, -0.05) is 13.0 Å². The summed E-state index contributed by atoms with van der Waals surface area (Å²) in [5.41, 5.74) is 7.92. The van der Waals surface area contributed by atoms with Crippen LogP contribution in [0.1, 0.15) is 23.9 Å². The highest BCUT2D eigenvalue weighted by Gasteiger charge is 2.10. The molecule has 1 aromatic heterocycles. The molecule has 1 aromatic carbocycles. The van der Waals surface area contributed by atoms with E-state index in [0.29, 0.717) is 29.6 Å². The van der Waals surface area contributed by atoms with Crippen LogP contribution in [0.15, 0.2) is 18.2 Å². The molecule has 2 rings (SSSR count). The fraction of sp³-hybridized carbons (Fsp3) is 0.286. The Morgan fingerprint density at radius 1 is 1.26 bits per heavy atom. The third kappa shape index (κ3) is 2.81. The number of nitrogens with zero attached hydrogens (tertiary/aromatic N) is 2. The first-order valence-electron chi connectivity index (χ1n) is 6.17. The van der Waals surface area contributed by atoms with Gasteiger partial charge in [0, 0.05) is 12.0 Å². The molecule has 0 bridgehead atoms. The zero-order valence-corrected chi connectivity index (χ0v) is 11.3. The van der Waals surface area contributed by atoms with Crippen LogP contribution in [0.2, 0.25) is 0 Å². The van der Waals surface area contributed by atoms with Crippen molar-refractivity contribution in [2.24, 2.45) is 0 Å². The van der Waals surface area contributed by atoms with Gasteiger partial charge in [-0.2, -0.15) is 0 Å². The maximum Gasteiger partial charge on any atom is 0.146 e. The fourth-order valence-electron chi connectivity index (χ4n) is 1.72. The summed E-state index contributed by atoms with van der Waals surface area (Å²) in [6.07, 6.45) is 0.676. The summed E-state index contributed by atoms with van der Waals surface area (Å²) < 4.78 is 13.7. The fourth-order valence-corrected chi connectivity index (χ4v) is 1.72. The Balaban J connectivity index is 2.42. The van der Waals surface area contributed by atoms with Crippen LogP contribution in [0, 0.1) is 19.7 Å². The van der Waals surface area contributed by atoms with Crippen molar-refractivity contribution in [3.05, 3.63) is 41.0 Å². The van der Waals surface area contributed by atoms with E-state index in [1.165, 1.54) is 6.07 Å². The molecular formula is C14H17FN4. The molecule has 5 heteroatoms. The van der Waals surface area contributed by atoms with Crippen molar-refractivity contribution < 1.29 is 4.39 Å². The molecule has 2 aromatic rings. The Labute approximate surface area is 111 Å². The number of aryl methyl sites for hydroxylation is 2. The van der Waals surface area contributed by atoms with E-state index in [2.05, 4.69) is 15.3 Å². The summed E-state index contributed by atoms with van der Waals surface area (Å²) in [6, 6.07) is 4.89. The monoisotopic (exact) mass is 260 g/mol. The molecule has 0 saturated heterocycles. The average molecular weight is 260 g/mol. The summed E-state index contributed by atoms with van der Waals surface area (Å²) in [4.78, 5) is 8.52. The number of aromatic nitrogens is 2. The first kappa shape index (κ1) is 13.3. The van der Waals surface area contributed by atoms with Crippen molar-refractivity contribution in [3.63, 3.8) is 0 Å². The number of hydrogen-bond acceptors (Lipinski definition) is 4. The second-order valence-electron chi connectivity index (χ2n) is 4.46. The molecule has 100 valence electrons. The largest absolute Gasteiger partial charge is 0.383 e. The van der Waals surface area contributed by atoms with E-state index in [1.54, 1.807) is 12.1 Å². The molecule has 0 aliphatic heterocycles. The van der Waals surface area contributed by atoms with Crippen molar-refractivity contribution in [2.75, 3.05) is 11.1 Å². The van der Waals surface area contributed by atoms with Gasteiger partial charge in [0.1, 0.15) is 23.3 Å². The van der Waals surface area contributed by atoms with E-state index in [9.17, 15) is 4.39 Å². The van der Waals surface area contributed by atoms with Crippen LogP contribution >= 0.6 is 0 Å². The normalized spacial score (nSPS) is 10.5. The number of halogens is 1. The molecule has 0 amide bonds. The number of rotatable bonds is 3. The minimum Gasteiger partial charge on any atom is -0.383 e. The molecule has 0 unspecified atom stereocenters. The maximum absolute atomic E-state index is 13.7. The van der Waals surface area contributed by atoms with E-state index >= 15 is 0 Å². The molecule has 0 atom stereocenters. The molecule has 19 heavy (non-hydrogen) atoms. The standard InChI is InChI=1S/C14H17FN4/c1-4-12-18-13(16)9(3)14(19-12)17-11-7-8(2)5-6-10(11)15/h5-7H,4H2,1-3H3,(H3,16,17,18,19). The van der Waals surface area contributed by atoms with Crippen molar-refractivity contribution >= 4 is 17.3 Å². The summed E-state index contributed by atoms with van der Waals surface area (Å²) in [7, 11) is 0. The molecule has 0 spiro atoms. The Morgan fingerprint density at radius 3 is 2.68 bits per heavy atom. The third-order valence-corrected chi connectivity index (χ3v) is 2.92. The van der Waals surface area contributed by atoms with Crippen LogP contribution in [0.5, 0.6) is 0 Å². The van der Waals surface area contributed by atoms with Crippen LogP contribution in [-0.2, 0) is 6.42 Å². The summed E-state index contributed by atoms with van der Waals surface area (Å²) in [5, 5.41) is 2.99. The van der Waals surface area contributed by atoms with Crippen molar-refractivity contribution in [3.8, 4) is 0 Å². The SMILES string of the molecule is CCc1nc(N)c(C)c(Nc2cc(C)ccc2F)n1. The zero-order valence-electron chi connectivity index (χ0n) is 11.3. The summed E-state index contributed by atoms with van der Waals surface area (Å²) >= 11 is 0. The number of anilines is 3.